The topological polar surface area (TPSA) is 44.3 Å². The van der Waals surface area contributed by atoms with Crippen LogP contribution in [0, 0.1) is 0 Å². The highest BCUT2D eigenvalue weighted by Gasteiger charge is 2.32. The lowest BCUT2D eigenvalue weighted by Gasteiger charge is -2.37. The number of rotatable bonds is 4. The number of piperazine rings is 1. The summed E-state index contributed by atoms with van der Waals surface area (Å²) in [5.41, 5.74) is 1.19. The number of hydrogen-bond donors (Lipinski definition) is 1. The van der Waals surface area contributed by atoms with Crippen molar-refractivity contribution in [2.75, 3.05) is 45.6 Å². The summed E-state index contributed by atoms with van der Waals surface area (Å²) in [4.78, 5) is 14.5. The molecule has 3 rings (SSSR count). The lowest BCUT2D eigenvalue weighted by atomic mass is 10.1. The van der Waals surface area contributed by atoms with E-state index in [2.05, 4.69) is 52.1 Å². The summed E-state index contributed by atoms with van der Waals surface area (Å²) in [5, 5.41) is 3.37. The lowest BCUT2D eigenvalue weighted by molar-refractivity contribution is 0.109. The van der Waals surface area contributed by atoms with Crippen LogP contribution >= 0.6 is 15.9 Å². The Morgan fingerprint density at radius 3 is 2.67 bits per heavy atom. The summed E-state index contributed by atoms with van der Waals surface area (Å²) in [5.74, 6) is 2.53. The molecular weight excluding hydrogens is 330 g/mol. The second kappa shape index (κ2) is 6.18. The SMILES string of the molecule is CCNc1nc(C2CN(C)CCN2C)nc(C2CC2)c1Br. The van der Waals surface area contributed by atoms with Gasteiger partial charge in [-0.1, -0.05) is 0 Å². The maximum absolute atomic E-state index is 4.92. The van der Waals surface area contributed by atoms with Crippen molar-refractivity contribution in [3.8, 4) is 0 Å². The van der Waals surface area contributed by atoms with Crippen LogP contribution in [0.3, 0.4) is 0 Å². The third-order valence-electron chi connectivity index (χ3n) is 4.35. The van der Waals surface area contributed by atoms with Crippen LogP contribution in [0.2, 0.25) is 0 Å². The smallest absolute Gasteiger partial charge is 0.149 e. The minimum Gasteiger partial charge on any atom is -0.369 e. The van der Waals surface area contributed by atoms with Crippen LogP contribution < -0.4 is 5.32 Å². The molecule has 1 aliphatic carbocycles. The molecule has 6 heteroatoms. The van der Waals surface area contributed by atoms with Crippen molar-refractivity contribution in [3.05, 3.63) is 16.0 Å². The van der Waals surface area contributed by atoms with Gasteiger partial charge in [-0.15, -0.1) is 0 Å². The minimum absolute atomic E-state index is 0.284. The van der Waals surface area contributed by atoms with Gasteiger partial charge in [-0.3, -0.25) is 4.90 Å². The molecule has 5 nitrogen and oxygen atoms in total. The molecular formula is C15H24BrN5. The molecule has 0 aromatic carbocycles. The van der Waals surface area contributed by atoms with Gasteiger partial charge in [0.2, 0.25) is 0 Å². The molecule has 1 saturated carbocycles. The molecule has 1 saturated heterocycles. The summed E-state index contributed by atoms with van der Waals surface area (Å²) >= 11 is 3.70. The Balaban J connectivity index is 1.96. The first kappa shape index (κ1) is 15.2. The number of halogens is 1. The number of aromatic nitrogens is 2. The molecule has 1 N–H and O–H groups in total. The van der Waals surface area contributed by atoms with Crippen molar-refractivity contribution in [3.63, 3.8) is 0 Å². The molecule has 0 radical (unpaired) electrons. The highest BCUT2D eigenvalue weighted by atomic mass is 79.9. The molecule has 1 unspecified atom stereocenters. The van der Waals surface area contributed by atoms with Crippen molar-refractivity contribution < 1.29 is 0 Å². The van der Waals surface area contributed by atoms with Crippen molar-refractivity contribution >= 4 is 21.7 Å². The Kier molecular flexibility index (Phi) is 4.47. The van der Waals surface area contributed by atoms with Gasteiger partial charge >= 0.3 is 0 Å². The van der Waals surface area contributed by atoms with Crippen molar-refractivity contribution in [2.24, 2.45) is 0 Å². The summed E-state index contributed by atoms with van der Waals surface area (Å²) in [6.07, 6.45) is 2.50. The first-order chi connectivity index (χ1) is 10.1. The van der Waals surface area contributed by atoms with Crippen LogP contribution in [0.25, 0.3) is 0 Å². The molecule has 0 spiro atoms. The van der Waals surface area contributed by atoms with Crippen LogP contribution in [0.15, 0.2) is 4.47 Å². The Morgan fingerprint density at radius 2 is 2.00 bits per heavy atom. The van der Waals surface area contributed by atoms with Crippen molar-refractivity contribution in [1.82, 2.24) is 19.8 Å². The van der Waals surface area contributed by atoms with Gasteiger partial charge in [0, 0.05) is 32.1 Å². The number of anilines is 1. The van der Waals surface area contributed by atoms with Crippen molar-refractivity contribution in [2.45, 2.75) is 31.7 Å². The van der Waals surface area contributed by atoms with Gasteiger partial charge in [-0.05, 0) is 49.8 Å². The second-order valence-corrected chi connectivity index (χ2v) is 6.99. The van der Waals surface area contributed by atoms with Gasteiger partial charge in [0.15, 0.2) is 0 Å². The molecule has 1 aromatic heterocycles. The molecule has 0 bridgehead atoms. The van der Waals surface area contributed by atoms with Crippen LogP contribution in [-0.2, 0) is 0 Å². The zero-order chi connectivity index (χ0) is 15.0. The van der Waals surface area contributed by atoms with Gasteiger partial charge < -0.3 is 10.2 Å². The molecule has 2 fully saturated rings. The monoisotopic (exact) mass is 353 g/mol. The van der Waals surface area contributed by atoms with Crippen molar-refractivity contribution in [1.29, 1.82) is 0 Å². The largest absolute Gasteiger partial charge is 0.369 e. The molecule has 1 aromatic rings. The quantitative estimate of drug-likeness (QED) is 0.900. The maximum atomic E-state index is 4.92. The maximum Gasteiger partial charge on any atom is 0.149 e. The second-order valence-electron chi connectivity index (χ2n) is 6.19. The highest BCUT2D eigenvalue weighted by Crippen LogP contribution is 2.44. The molecule has 1 aliphatic heterocycles. The Labute approximate surface area is 135 Å². The molecule has 116 valence electrons. The van der Waals surface area contributed by atoms with E-state index in [0.717, 1.165) is 42.3 Å². The van der Waals surface area contributed by atoms with E-state index in [9.17, 15) is 0 Å². The number of hydrogen-bond acceptors (Lipinski definition) is 5. The fourth-order valence-electron chi connectivity index (χ4n) is 2.83. The van der Waals surface area contributed by atoms with E-state index in [-0.39, 0.29) is 6.04 Å². The Morgan fingerprint density at radius 1 is 1.24 bits per heavy atom. The van der Waals surface area contributed by atoms with E-state index in [1.165, 1.54) is 18.5 Å². The van der Waals surface area contributed by atoms with Gasteiger partial charge in [0.1, 0.15) is 11.6 Å². The van der Waals surface area contributed by atoms with E-state index >= 15 is 0 Å². The molecule has 21 heavy (non-hydrogen) atoms. The van der Waals surface area contributed by atoms with Crippen LogP contribution in [-0.4, -0.2) is 60.0 Å². The third kappa shape index (κ3) is 3.22. The lowest BCUT2D eigenvalue weighted by Crippen LogP contribution is -2.45. The van der Waals surface area contributed by atoms with Crippen LogP contribution in [0.5, 0.6) is 0 Å². The summed E-state index contributed by atoms with van der Waals surface area (Å²) in [6.45, 7) is 6.15. The molecule has 0 amide bonds. The Hall–Kier alpha value is -0.720. The molecule has 1 atom stereocenters. The van der Waals surface area contributed by atoms with E-state index in [0.29, 0.717) is 5.92 Å². The average molecular weight is 354 g/mol. The highest BCUT2D eigenvalue weighted by molar-refractivity contribution is 9.10. The molecule has 2 heterocycles. The van der Waals surface area contributed by atoms with Gasteiger partial charge in [0.25, 0.3) is 0 Å². The molecule has 2 aliphatic rings. The zero-order valence-corrected chi connectivity index (χ0v) is 14.7. The van der Waals surface area contributed by atoms with Gasteiger partial charge in [0.05, 0.1) is 16.2 Å². The predicted octanol–water partition coefficient (Wildman–Crippen LogP) is 2.47. The first-order valence-corrected chi connectivity index (χ1v) is 8.59. The van der Waals surface area contributed by atoms with E-state index in [1.807, 2.05) is 0 Å². The fraction of sp³-hybridized carbons (Fsp3) is 0.733. The summed E-state index contributed by atoms with van der Waals surface area (Å²) < 4.78 is 1.06. The predicted molar refractivity (Wildman–Crippen MR) is 88.7 cm³/mol. The van der Waals surface area contributed by atoms with E-state index < -0.39 is 0 Å². The summed E-state index contributed by atoms with van der Waals surface area (Å²) in [7, 11) is 4.35. The van der Waals surface area contributed by atoms with E-state index in [4.69, 9.17) is 9.97 Å². The Bertz CT molecular complexity index is 517. The fourth-order valence-corrected chi connectivity index (χ4v) is 3.47. The normalized spacial score (nSPS) is 24.3. The zero-order valence-electron chi connectivity index (χ0n) is 13.1. The number of likely N-dealkylation sites (N-methyl/N-ethyl adjacent to an activating group) is 2. The first-order valence-electron chi connectivity index (χ1n) is 7.80. The average Bonchev–Trinajstić information content (AvgIpc) is 3.28. The standard InChI is InChI=1S/C15H24BrN5/c1-4-17-15-12(16)13(10-5-6-10)18-14(19-15)11-9-20(2)7-8-21(11)3/h10-11H,4-9H2,1-3H3,(H,17,18,19). The van der Waals surface area contributed by atoms with Crippen LogP contribution in [0.1, 0.15) is 43.2 Å². The summed E-state index contributed by atoms with van der Waals surface area (Å²) in [6, 6.07) is 0.284. The third-order valence-corrected chi connectivity index (χ3v) is 5.13. The van der Waals surface area contributed by atoms with Gasteiger partial charge in [-0.2, -0.15) is 0 Å². The van der Waals surface area contributed by atoms with E-state index in [1.54, 1.807) is 0 Å². The van der Waals surface area contributed by atoms with Crippen LogP contribution in [0.4, 0.5) is 5.82 Å². The minimum atomic E-state index is 0.284. The number of nitrogens with one attached hydrogen (secondary N) is 1. The van der Waals surface area contributed by atoms with Gasteiger partial charge in [-0.25, -0.2) is 9.97 Å². The number of nitrogens with zero attached hydrogens (tertiary/aromatic N) is 4.